The summed E-state index contributed by atoms with van der Waals surface area (Å²) in [6.07, 6.45) is -0.914. The van der Waals surface area contributed by atoms with E-state index in [1.165, 1.54) is 4.31 Å². The molecule has 2 aliphatic heterocycles. The summed E-state index contributed by atoms with van der Waals surface area (Å²) in [6, 6.07) is 23.8. The quantitative estimate of drug-likeness (QED) is 0.510. The number of sulfonamides is 1. The Morgan fingerprint density at radius 3 is 2.25 bits per heavy atom. The van der Waals surface area contributed by atoms with E-state index >= 15 is 0 Å². The van der Waals surface area contributed by atoms with Crippen molar-refractivity contribution in [2.45, 2.75) is 11.9 Å². The fourth-order valence-corrected chi connectivity index (χ4v) is 6.30. The number of hydrogen-bond acceptors (Lipinski definition) is 6. The van der Waals surface area contributed by atoms with Crippen molar-refractivity contribution in [1.82, 2.24) is 4.90 Å². The summed E-state index contributed by atoms with van der Waals surface area (Å²) in [5, 5.41) is 0. The SMILES string of the molecule is COc1ccccc1N1CCN(C(=O)[C@H]2CN(S(=O)(=O)Cc3ccccc3)c3ccccc3O2)CC1. The number of carbonyl (C=O) groups excluding carboxylic acids is 1. The second-order valence-electron chi connectivity index (χ2n) is 8.83. The molecule has 5 rings (SSSR count). The maximum atomic E-state index is 13.5. The van der Waals surface area contributed by atoms with Gasteiger partial charge in [-0.3, -0.25) is 9.10 Å². The normalized spacial score (nSPS) is 17.8. The lowest BCUT2D eigenvalue weighted by atomic mass is 10.2. The van der Waals surface area contributed by atoms with Crippen LogP contribution in [0.1, 0.15) is 5.56 Å². The highest BCUT2D eigenvalue weighted by molar-refractivity contribution is 7.92. The molecule has 0 bridgehead atoms. The average Bonchev–Trinajstić information content (AvgIpc) is 2.92. The summed E-state index contributed by atoms with van der Waals surface area (Å²) < 4.78 is 39.7. The van der Waals surface area contributed by atoms with E-state index in [2.05, 4.69) is 4.90 Å². The van der Waals surface area contributed by atoms with Crippen molar-refractivity contribution in [2.75, 3.05) is 49.0 Å². The summed E-state index contributed by atoms with van der Waals surface area (Å²) in [6.45, 7) is 2.25. The number of ether oxygens (including phenoxy) is 2. The highest BCUT2D eigenvalue weighted by Crippen LogP contribution is 2.36. The minimum absolute atomic E-state index is 0.0578. The molecule has 1 saturated heterocycles. The Hall–Kier alpha value is -3.72. The van der Waals surface area contributed by atoms with E-state index in [1.54, 1.807) is 48.4 Å². The van der Waals surface area contributed by atoms with Gasteiger partial charge in [-0.05, 0) is 29.8 Å². The third kappa shape index (κ3) is 4.83. The zero-order chi connectivity index (χ0) is 25.1. The van der Waals surface area contributed by atoms with Gasteiger partial charge in [0.15, 0.2) is 6.10 Å². The minimum Gasteiger partial charge on any atom is -0.495 e. The van der Waals surface area contributed by atoms with Gasteiger partial charge in [-0.2, -0.15) is 0 Å². The smallest absolute Gasteiger partial charge is 0.265 e. The van der Waals surface area contributed by atoms with Crippen molar-refractivity contribution in [1.29, 1.82) is 0 Å². The van der Waals surface area contributed by atoms with E-state index < -0.39 is 16.1 Å². The van der Waals surface area contributed by atoms with Gasteiger partial charge in [-0.1, -0.05) is 54.6 Å². The van der Waals surface area contributed by atoms with E-state index in [4.69, 9.17) is 9.47 Å². The Morgan fingerprint density at radius 1 is 0.889 bits per heavy atom. The molecule has 0 spiro atoms. The van der Waals surface area contributed by atoms with Gasteiger partial charge in [-0.15, -0.1) is 0 Å². The van der Waals surface area contributed by atoms with Crippen LogP contribution >= 0.6 is 0 Å². The molecule has 0 saturated carbocycles. The minimum atomic E-state index is -3.74. The number of carbonyl (C=O) groups is 1. The number of amides is 1. The number of methoxy groups -OCH3 is 1. The first-order valence-electron chi connectivity index (χ1n) is 11.9. The average molecular weight is 508 g/mol. The molecule has 0 aromatic heterocycles. The molecule has 2 aliphatic rings. The Balaban J connectivity index is 1.32. The van der Waals surface area contributed by atoms with E-state index in [9.17, 15) is 13.2 Å². The summed E-state index contributed by atoms with van der Waals surface area (Å²) >= 11 is 0. The molecular weight excluding hydrogens is 478 g/mol. The predicted octanol–water partition coefficient (Wildman–Crippen LogP) is 3.14. The molecule has 0 aliphatic carbocycles. The number of piperazine rings is 1. The molecule has 0 radical (unpaired) electrons. The highest BCUT2D eigenvalue weighted by Gasteiger charge is 2.39. The largest absolute Gasteiger partial charge is 0.495 e. The van der Waals surface area contributed by atoms with Crippen LogP contribution in [0.2, 0.25) is 0 Å². The first-order valence-corrected chi connectivity index (χ1v) is 13.5. The number of para-hydroxylation sites is 4. The second-order valence-corrected chi connectivity index (χ2v) is 10.7. The Kier molecular flexibility index (Phi) is 6.73. The van der Waals surface area contributed by atoms with Crippen LogP contribution in [0, 0.1) is 0 Å². The summed E-state index contributed by atoms with van der Waals surface area (Å²) in [4.78, 5) is 17.4. The zero-order valence-corrected chi connectivity index (χ0v) is 20.9. The molecular formula is C27H29N3O5S. The van der Waals surface area contributed by atoms with Crippen LogP contribution in [0.25, 0.3) is 0 Å². The van der Waals surface area contributed by atoms with Crippen LogP contribution in [-0.2, 0) is 20.6 Å². The van der Waals surface area contributed by atoms with Gasteiger partial charge in [0.25, 0.3) is 5.91 Å². The molecule has 3 aromatic carbocycles. The summed E-state index contributed by atoms with van der Waals surface area (Å²) in [5.41, 5.74) is 2.14. The number of hydrogen-bond donors (Lipinski definition) is 0. The number of benzene rings is 3. The molecule has 188 valence electrons. The second kappa shape index (κ2) is 10.1. The molecule has 0 unspecified atom stereocenters. The predicted molar refractivity (Wildman–Crippen MR) is 139 cm³/mol. The molecule has 1 fully saturated rings. The number of anilines is 2. The lowest BCUT2D eigenvalue weighted by molar-refractivity contribution is -0.138. The number of nitrogens with zero attached hydrogens (tertiary/aromatic N) is 3. The number of rotatable bonds is 6. The molecule has 0 N–H and O–H groups in total. The Labute approximate surface area is 211 Å². The van der Waals surface area contributed by atoms with Gasteiger partial charge >= 0.3 is 0 Å². The van der Waals surface area contributed by atoms with Gasteiger partial charge in [-0.25, -0.2) is 8.42 Å². The standard InChI is InChI=1S/C27H29N3O5S/c1-34-24-13-7-5-11-22(24)28-15-17-29(18-16-28)27(31)26-19-30(23-12-6-8-14-25(23)35-26)36(32,33)20-21-9-3-2-4-10-21/h2-14,26H,15-20H2,1H3/t26-/m1/s1. The highest BCUT2D eigenvalue weighted by atomic mass is 32.2. The monoisotopic (exact) mass is 507 g/mol. The van der Waals surface area contributed by atoms with Gasteiger partial charge in [0.05, 0.1) is 30.8 Å². The maximum Gasteiger partial charge on any atom is 0.265 e. The number of fused-ring (bicyclic) bond motifs is 1. The molecule has 8 nitrogen and oxygen atoms in total. The van der Waals surface area contributed by atoms with Crippen LogP contribution in [0.3, 0.4) is 0 Å². The molecule has 1 atom stereocenters. The van der Waals surface area contributed by atoms with Crippen LogP contribution in [0.15, 0.2) is 78.9 Å². The summed E-state index contributed by atoms with van der Waals surface area (Å²) in [5.74, 6) is 0.833. The van der Waals surface area contributed by atoms with Gasteiger partial charge < -0.3 is 19.3 Å². The van der Waals surface area contributed by atoms with Gasteiger partial charge in [0, 0.05) is 26.2 Å². The fourth-order valence-electron chi connectivity index (χ4n) is 4.72. The van der Waals surface area contributed by atoms with Gasteiger partial charge in [0.2, 0.25) is 10.0 Å². The zero-order valence-electron chi connectivity index (χ0n) is 20.1. The topological polar surface area (TPSA) is 79.4 Å². The fraction of sp³-hybridized carbons (Fsp3) is 0.296. The van der Waals surface area contributed by atoms with Crippen molar-refractivity contribution in [3.63, 3.8) is 0 Å². The van der Waals surface area contributed by atoms with Crippen LogP contribution in [0.5, 0.6) is 11.5 Å². The van der Waals surface area contributed by atoms with Crippen LogP contribution < -0.4 is 18.7 Å². The first-order chi connectivity index (χ1) is 17.5. The lowest BCUT2D eigenvalue weighted by Gasteiger charge is -2.40. The maximum absolute atomic E-state index is 13.5. The van der Waals surface area contributed by atoms with Crippen LogP contribution in [-0.4, -0.2) is 65.2 Å². The summed E-state index contributed by atoms with van der Waals surface area (Å²) in [7, 11) is -2.09. The van der Waals surface area contributed by atoms with E-state index in [0.29, 0.717) is 43.2 Å². The Morgan fingerprint density at radius 2 is 1.53 bits per heavy atom. The molecule has 2 heterocycles. The molecule has 36 heavy (non-hydrogen) atoms. The van der Waals surface area contributed by atoms with Crippen molar-refractivity contribution in [3.8, 4) is 11.5 Å². The third-order valence-electron chi connectivity index (χ3n) is 6.56. The van der Waals surface area contributed by atoms with Crippen molar-refractivity contribution in [3.05, 3.63) is 84.4 Å². The van der Waals surface area contributed by atoms with Crippen molar-refractivity contribution in [2.24, 2.45) is 0 Å². The van der Waals surface area contributed by atoms with E-state index in [1.807, 2.05) is 42.5 Å². The van der Waals surface area contributed by atoms with Crippen LogP contribution in [0.4, 0.5) is 11.4 Å². The molecule has 3 aromatic rings. The van der Waals surface area contributed by atoms with Gasteiger partial charge in [0.1, 0.15) is 11.5 Å². The third-order valence-corrected chi connectivity index (χ3v) is 8.27. The van der Waals surface area contributed by atoms with Crippen molar-refractivity contribution >= 4 is 27.3 Å². The molecule has 9 heteroatoms. The molecule has 1 amide bonds. The Bertz CT molecular complexity index is 1320. The van der Waals surface area contributed by atoms with E-state index in [-0.39, 0.29) is 18.2 Å². The first kappa shape index (κ1) is 24.0. The lowest BCUT2D eigenvalue weighted by Crippen LogP contribution is -2.56. The van der Waals surface area contributed by atoms with E-state index in [0.717, 1.165) is 11.4 Å². The van der Waals surface area contributed by atoms with Crippen molar-refractivity contribution < 1.29 is 22.7 Å².